The van der Waals surface area contributed by atoms with Crippen LogP contribution in [0.3, 0.4) is 0 Å². The molecule has 0 aliphatic carbocycles. The second-order valence-corrected chi connectivity index (χ2v) is 1.31. The Hall–Kier alpha value is -0.770. The Morgan fingerprint density at radius 2 is 2.00 bits per heavy atom. The van der Waals surface area contributed by atoms with E-state index in [0.717, 1.165) is 0 Å². The van der Waals surface area contributed by atoms with Gasteiger partial charge in [-0.2, -0.15) is 0 Å². The Morgan fingerprint density at radius 3 is 2.30 bits per heavy atom. The van der Waals surface area contributed by atoms with Gasteiger partial charge >= 0.3 is 0 Å². The Balaban J connectivity index is 0. The van der Waals surface area contributed by atoms with Crippen molar-refractivity contribution in [1.29, 1.82) is 0 Å². The number of nitrogens with zero attached hydrogens (tertiary/aromatic N) is 3. The maximum atomic E-state index is 7.85. The minimum atomic E-state index is -0.416. The lowest BCUT2D eigenvalue weighted by Crippen LogP contribution is -2.15. The minimum Gasteiger partial charge on any atom is -0.356 e. The van der Waals surface area contributed by atoms with Gasteiger partial charge in [-0.3, -0.25) is 0 Å². The molecule has 10 heavy (non-hydrogen) atoms. The molecule has 0 aliphatic rings. The first-order valence-electron chi connectivity index (χ1n) is 2.41. The molecule has 60 valence electrons. The van der Waals surface area contributed by atoms with Crippen molar-refractivity contribution in [3.8, 4) is 0 Å². The van der Waals surface area contributed by atoms with Crippen molar-refractivity contribution in [2.45, 2.75) is 13.7 Å². The van der Waals surface area contributed by atoms with Gasteiger partial charge in [0.15, 0.2) is 6.29 Å². The van der Waals surface area contributed by atoms with Crippen molar-refractivity contribution in [2.75, 3.05) is 20.8 Å². The van der Waals surface area contributed by atoms with Crippen LogP contribution in [0.5, 0.6) is 0 Å². The molecule has 5 heteroatoms. The third-order valence-electron chi connectivity index (χ3n) is 0.820. The first-order chi connectivity index (χ1) is 4.35. The molecular formula is C5H13N3O2. The summed E-state index contributed by atoms with van der Waals surface area (Å²) in [4.78, 5) is 2.54. The van der Waals surface area contributed by atoms with Crippen molar-refractivity contribution < 1.29 is 9.47 Å². The summed E-state index contributed by atoms with van der Waals surface area (Å²) in [5, 5.41) is 3.24. The monoisotopic (exact) mass is 147 g/mol. The largest absolute Gasteiger partial charge is 0.356 e. The summed E-state index contributed by atoms with van der Waals surface area (Å²) in [5.41, 5.74) is 7.85. The van der Waals surface area contributed by atoms with Gasteiger partial charge in [0.1, 0.15) is 0 Å². The number of rotatable bonds is 4. The predicted molar refractivity (Wildman–Crippen MR) is 38.6 cm³/mol. The van der Waals surface area contributed by atoms with Gasteiger partial charge in [-0.25, -0.2) is 0 Å². The average molecular weight is 147 g/mol. The zero-order valence-corrected chi connectivity index (χ0v) is 5.44. The van der Waals surface area contributed by atoms with Crippen LogP contribution in [-0.4, -0.2) is 27.1 Å². The van der Waals surface area contributed by atoms with Crippen LogP contribution in [0.1, 0.15) is 7.43 Å². The van der Waals surface area contributed by atoms with E-state index in [2.05, 4.69) is 10.0 Å². The molecule has 0 aliphatic heterocycles. The van der Waals surface area contributed by atoms with Crippen molar-refractivity contribution >= 4 is 0 Å². The zero-order valence-electron chi connectivity index (χ0n) is 5.44. The van der Waals surface area contributed by atoms with Gasteiger partial charge in [0, 0.05) is 19.1 Å². The lowest BCUT2D eigenvalue weighted by molar-refractivity contribution is -0.0939. The van der Waals surface area contributed by atoms with Gasteiger partial charge in [0.25, 0.3) is 0 Å². The summed E-state index contributed by atoms with van der Waals surface area (Å²) < 4.78 is 9.43. The second-order valence-electron chi connectivity index (χ2n) is 1.31. The Labute approximate surface area is 60.6 Å². The quantitative estimate of drug-likeness (QED) is 0.262. The summed E-state index contributed by atoms with van der Waals surface area (Å²) in [5.74, 6) is 0. The molecule has 0 bridgehead atoms. The van der Waals surface area contributed by atoms with Gasteiger partial charge in [-0.05, 0) is 5.53 Å². The van der Waals surface area contributed by atoms with Gasteiger partial charge < -0.3 is 9.47 Å². The van der Waals surface area contributed by atoms with Gasteiger partial charge in [0.05, 0.1) is 6.54 Å². The number of azide groups is 1. The molecule has 0 aromatic carbocycles. The summed E-state index contributed by atoms with van der Waals surface area (Å²) in [6.07, 6.45) is -0.416. The molecule has 0 saturated heterocycles. The fourth-order valence-electron chi connectivity index (χ4n) is 0.348. The van der Waals surface area contributed by atoms with Crippen molar-refractivity contribution in [2.24, 2.45) is 5.11 Å². The molecule has 0 N–H and O–H groups in total. The highest BCUT2D eigenvalue weighted by Crippen LogP contribution is 1.90. The fraction of sp³-hybridized carbons (Fsp3) is 1.00. The van der Waals surface area contributed by atoms with Gasteiger partial charge in [0.2, 0.25) is 0 Å². The number of hydrogen-bond donors (Lipinski definition) is 0. The molecule has 0 amide bonds. The fourth-order valence-corrected chi connectivity index (χ4v) is 0.348. The molecule has 0 spiro atoms. The third-order valence-corrected chi connectivity index (χ3v) is 0.820. The van der Waals surface area contributed by atoms with Crippen LogP contribution in [-0.2, 0) is 9.47 Å². The molecule has 0 radical (unpaired) electrons. The first-order valence-corrected chi connectivity index (χ1v) is 2.41. The maximum absolute atomic E-state index is 7.85. The topological polar surface area (TPSA) is 67.2 Å². The highest BCUT2D eigenvalue weighted by atomic mass is 16.7. The maximum Gasteiger partial charge on any atom is 0.162 e. The van der Waals surface area contributed by atoms with Crippen LogP contribution < -0.4 is 0 Å². The van der Waals surface area contributed by atoms with E-state index < -0.39 is 6.29 Å². The first kappa shape index (κ1) is 12.0. The van der Waals surface area contributed by atoms with E-state index >= 15 is 0 Å². The lowest BCUT2D eigenvalue weighted by Gasteiger charge is -2.08. The van der Waals surface area contributed by atoms with E-state index in [-0.39, 0.29) is 14.0 Å². The number of methoxy groups -OCH3 is 2. The van der Waals surface area contributed by atoms with E-state index in [0.29, 0.717) is 0 Å². The molecule has 0 atom stereocenters. The van der Waals surface area contributed by atoms with Crippen LogP contribution in [0, 0.1) is 0 Å². The van der Waals surface area contributed by atoms with Crippen LogP contribution >= 0.6 is 0 Å². The standard InChI is InChI=1S/C4H9N3O2.CH4/c1-8-4(9-2)3-6-7-5;/h4H,3H2,1-2H3;1H4. The highest BCUT2D eigenvalue weighted by Gasteiger charge is 1.99. The van der Waals surface area contributed by atoms with Crippen LogP contribution in [0.25, 0.3) is 10.4 Å². The average Bonchev–Trinajstić information content (AvgIpc) is 1.91. The van der Waals surface area contributed by atoms with E-state index in [1.807, 2.05) is 0 Å². The second kappa shape index (κ2) is 8.23. The van der Waals surface area contributed by atoms with Crippen molar-refractivity contribution in [3.05, 3.63) is 10.4 Å². The molecular weight excluding hydrogens is 134 g/mol. The molecule has 0 heterocycles. The smallest absolute Gasteiger partial charge is 0.162 e. The predicted octanol–water partition coefficient (Wildman–Crippen LogP) is 1.55. The molecule has 0 aromatic heterocycles. The molecule has 0 unspecified atom stereocenters. The SMILES string of the molecule is C.COC(CN=[N+]=[N-])OC. The Kier molecular flexibility index (Phi) is 9.84. The third kappa shape index (κ3) is 5.37. The number of hydrogen-bond acceptors (Lipinski definition) is 3. The molecule has 0 rings (SSSR count). The van der Waals surface area contributed by atoms with Crippen LogP contribution in [0.15, 0.2) is 5.11 Å². The van der Waals surface area contributed by atoms with E-state index in [1.165, 1.54) is 14.2 Å². The van der Waals surface area contributed by atoms with Crippen molar-refractivity contribution in [3.63, 3.8) is 0 Å². The van der Waals surface area contributed by atoms with Gasteiger partial charge in [-0.15, -0.1) is 0 Å². The molecule has 0 aromatic rings. The summed E-state index contributed by atoms with van der Waals surface area (Å²) >= 11 is 0. The number of ether oxygens (including phenoxy) is 2. The molecule has 0 saturated carbocycles. The Bertz CT molecular complexity index is 107. The van der Waals surface area contributed by atoms with E-state index in [1.54, 1.807) is 0 Å². The summed E-state index contributed by atoms with van der Waals surface area (Å²) in [6.45, 7) is 0.212. The van der Waals surface area contributed by atoms with Crippen LogP contribution in [0.4, 0.5) is 0 Å². The van der Waals surface area contributed by atoms with Gasteiger partial charge in [-0.1, -0.05) is 12.5 Å². The molecule has 5 nitrogen and oxygen atoms in total. The van der Waals surface area contributed by atoms with Crippen LogP contribution in [0.2, 0.25) is 0 Å². The Morgan fingerprint density at radius 1 is 1.50 bits per heavy atom. The summed E-state index contributed by atoms with van der Waals surface area (Å²) in [7, 11) is 2.97. The summed E-state index contributed by atoms with van der Waals surface area (Å²) in [6, 6.07) is 0. The normalized spacial score (nSPS) is 8.30. The van der Waals surface area contributed by atoms with E-state index in [4.69, 9.17) is 15.0 Å². The van der Waals surface area contributed by atoms with Crippen molar-refractivity contribution in [1.82, 2.24) is 0 Å². The van der Waals surface area contributed by atoms with E-state index in [9.17, 15) is 0 Å². The zero-order chi connectivity index (χ0) is 7.11. The lowest BCUT2D eigenvalue weighted by atomic mass is 10.6. The molecule has 0 fully saturated rings. The highest BCUT2D eigenvalue weighted by molar-refractivity contribution is 4.48. The minimum absolute atomic E-state index is 0.